The minimum absolute atomic E-state index is 0.102. The van der Waals surface area contributed by atoms with E-state index in [0.29, 0.717) is 0 Å². The molecule has 0 bridgehead atoms. The molecule has 0 radical (unpaired) electrons. The lowest BCUT2D eigenvalue weighted by molar-refractivity contribution is 0.0965. The smallest absolute Gasteiger partial charge is 0.0318 e. The maximum Gasteiger partial charge on any atom is 0.0318 e. The van der Waals surface area contributed by atoms with Gasteiger partial charge in [-0.15, -0.1) is 0 Å². The molecule has 0 fully saturated rings. The Morgan fingerprint density at radius 1 is 0.286 bits per heavy atom. The lowest BCUT2D eigenvalue weighted by Gasteiger charge is -2.53. The molecule has 0 atom stereocenters. The monoisotopic (exact) mass is 806 g/mol. The Balaban J connectivity index is 1.15. The van der Waals surface area contributed by atoms with Crippen molar-refractivity contribution in [3.05, 3.63) is 205 Å². The average molecular weight is 807 g/mol. The van der Waals surface area contributed by atoms with E-state index in [-0.39, 0.29) is 16.2 Å². The minimum atomic E-state index is -0.278. The van der Waals surface area contributed by atoms with Crippen molar-refractivity contribution >= 4 is 64.6 Å². The zero-order valence-electron chi connectivity index (χ0n) is 37.0. The number of hydrogen-bond acceptors (Lipinski definition) is 0. The SMILES string of the molecule is CC(C)(C)C1(C(C)(C)C)c2cc3ccccc3cc2-c2c1c1ccc(-c3c4ccccc4c(-c4cccc(-c5cccc6ccccc56)c4)c4ccccc34)cc1c1ccccc21. The molecule has 0 heterocycles. The molecule has 12 rings (SSSR count). The molecule has 11 aromatic rings. The van der Waals surface area contributed by atoms with Crippen molar-refractivity contribution in [1.82, 2.24) is 0 Å². The van der Waals surface area contributed by atoms with Crippen LogP contribution in [0.3, 0.4) is 0 Å². The van der Waals surface area contributed by atoms with Crippen LogP contribution in [0.1, 0.15) is 52.7 Å². The van der Waals surface area contributed by atoms with E-state index in [1.807, 2.05) is 0 Å². The van der Waals surface area contributed by atoms with Crippen molar-refractivity contribution in [1.29, 1.82) is 0 Å². The van der Waals surface area contributed by atoms with Gasteiger partial charge in [0, 0.05) is 5.41 Å². The van der Waals surface area contributed by atoms with Gasteiger partial charge in [-0.2, -0.15) is 0 Å². The van der Waals surface area contributed by atoms with Gasteiger partial charge in [-0.1, -0.05) is 211 Å². The molecule has 1 aliphatic carbocycles. The molecular weight excluding hydrogens is 757 g/mol. The van der Waals surface area contributed by atoms with Gasteiger partial charge in [-0.25, -0.2) is 0 Å². The van der Waals surface area contributed by atoms with Gasteiger partial charge in [0.05, 0.1) is 0 Å². The second kappa shape index (κ2) is 13.5. The predicted octanol–water partition coefficient (Wildman–Crippen LogP) is 18.0. The molecule has 0 N–H and O–H groups in total. The number of hydrogen-bond donors (Lipinski definition) is 0. The van der Waals surface area contributed by atoms with Crippen LogP contribution < -0.4 is 0 Å². The van der Waals surface area contributed by atoms with Crippen LogP contribution in [0.25, 0.3) is 109 Å². The molecule has 0 aromatic heterocycles. The molecule has 63 heavy (non-hydrogen) atoms. The summed E-state index contributed by atoms with van der Waals surface area (Å²) in [5.41, 5.74) is 12.8. The van der Waals surface area contributed by atoms with Crippen LogP contribution in [0.15, 0.2) is 194 Å². The fourth-order valence-electron chi connectivity index (χ4n) is 12.7. The van der Waals surface area contributed by atoms with Crippen LogP contribution in [0, 0.1) is 10.8 Å². The van der Waals surface area contributed by atoms with Gasteiger partial charge < -0.3 is 0 Å². The van der Waals surface area contributed by atoms with E-state index in [4.69, 9.17) is 0 Å². The quantitative estimate of drug-likeness (QED) is 0.123. The minimum Gasteiger partial charge on any atom is -0.0616 e. The second-order valence-corrected chi connectivity index (χ2v) is 20.0. The molecule has 0 saturated heterocycles. The highest BCUT2D eigenvalue weighted by Gasteiger charge is 2.58. The third-order valence-electron chi connectivity index (χ3n) is 14.7. The number of fused-ring (bicyclic) bond motifs is 12. The maximum atomic E-state index is 2.54. The van der Waals surface area contributed by atoms with Crippen LogP contribution >= 0.6 is 0 Å². The molecule has 0 saturated carbocycles. The summed E-state index contributed by atoms with van der Waals surface area (Å²) >= 11 is 0. The summed E-state index contributed by atoms with van der Waals surface area (Å²) in [6.07, 6.45) is 0. The van der Waals surface area contributed by atoms with Crippen LogP contribution in [0.4, 0.5) is 0 Å². The first-order chi connectivity index (χ1) is 30.5. The lowest BCUT2D eigenvalue weighted by Crippen LogP contribution is -2.50. The second-order valence-electron chi connectivity index (χ2n) is 20.0. The Morgan fingerprint density at radius 2 is 0.746 bits per heavy atom. The Morgan fingerprint density at radius 3 is 1.35 bits per heavy atom. The van der Waals surface area contributed by atoms with E-state index in [1.54, 1.807) is 0 Å². The topological polar surface area (TPSA) is 0 Å². The van der Waals surface area contributed by atoms with Gasteiger partial charge in [0.15, 0.2) is 0 Å². The maximum absolute atomic E-state index is 2.54. The van der Waals surface area contributed by atoms with Crippen LogP contribution in [-0.4, -0.2) is 0 Å². The van der Waals surface area contributed by atoms with Crippen LogP contribution in [0.2, 0.25) is 0 Å². The van der Waals surface area contributed by atoms with E-state index in [1.165, 1.54) is 120 Å². The fraction of sp³-hybridized carbons (Fsp3) is 0.143. The van der Waals surface area contributed by atoms with E-state index in [9.17, 15) is 0 Å². The number of rotatable bonds is 3. The van der Waals surface area contributed by atoms with Crippen molar-refractivity contribution in [2.45, 2.75) is 47.0 Å². The van der Waals surface area contributed by atoms with E-state index < -0.39 is 0 Å². The zero-order chi connectivity index (χ0) is 42.8. The van der Waals surface area contributed by atoms with Gasteiger partial charge in [-0.05, 0) is 155 Å². The van der Waals surface area contributed by atoms with Gasteiger partial charge >= 0.3 is 0 Å². The normalized spacial score (nSPS) is 13.7. The highest BCUT2D eigenvalue weighted by molar-refractivity contribution is 6.24. The molecular formula is C63H50. The van der Waals surface area contributed by atoms with E-state index in [2.05, 4.69) is 236 Å². The summed E-state index contributed by atoms with van der Waals surface area (Å²) in [4.78, 5) is 0. The molecule has 0 unspecified atom stereocenters. The Labute approximate surface area is 370 Å². The molecule has 0 aliphatic heterocycles. The van der Waals surface area contributed by atoms with Crippen molar-refractivity contribution in [3.63, 3.8) is 0 Å². The van der Waals surface area contributed by atoms with Crippen molar-refractivity contribution in [3.8, 4) is 44.5 Å². The highest BCUT2D eigenvalue weighted by Crippen LogP contribution is 2.67. The summed E-state index contributed by atoms with van der Waals surface area (Å²) in [5.74, 6) is 0. The summed E-state index contributed by atoms with van der Waals surface area (Å²) in [6, 6.07) is 73.3. The first-order valence-electron chi connectivity index (χ1n) is 22.6. The Hall–Kier alpha value is -7.02. The lowest BCUT2D eigenvalue weighted by atomic mass is 9.49. The predicted molar refractivity (Wildman–Crippen MR) is 273 cm³/mol. The third kappa shape index (κ3) is 5.28. The fourth-order valence-corrected chi connectivity index (χ4v) is 12.7. The Bertz CT molecular complexity index is 3620. The molecule has 0 spiro atoms. The van der Waals surface area contributed by atoms with Gasteiger partial charge in [0.1, 0.15) is 0 Å². The summed E-state index contributed by atoms with van der Waals surface area (Å²) in [6.45, 7) is 14.8. The van der Waals surface area contributed by atoms with Crippen molar-refractivity contribution in [2.75, 3.05) is 0 Å². The third-order valence-corrected chi connectivity index (χ3v) is 14.7. The van der Waals surface area contributed by atoms with E-state index in [0.717, 1.165) is 0 Å². The molecule has 0 nitrogen and oxygen atoms in total. The first-order valence-corrected chi connectivity index (χ1v) is 22.6. The van der Waals surface area contributed by atoms with Gasteiger partial charge in [0.2, 0.25) is 0 Å². The number of benzene rings is 11. The van der Waals surface area contributed by atoms with Crippen LogP contribution in [0.5, 0.6) is 0 Å². The molecule has 0 heteroatoms. The summed E-state index contributed by atoms with van der Waals surface area (Å²) in [5, 5.41) is 15.5. The summed E-state index contributed by atoms with van der Waals surface area (Å²) in [7, 11) is 0. The highest BCUT2D eigenvalue weighted by atomic mass is 14.6. The van der Waals surface area contributed by atoms with Crippen molar-refractivity contribution in [2.24, 2.45) is 10.8 Å². The molecule has 11 aromatic carbocycles. The summed E-state index contributed by atoms with van der Waals surface area (Å²) < 4.78 is 0. The van der Waals surface area contributed by atoms with Crippen LogP contribution in [-0.2, 0) is 5.41 Å². The zero-order valence-corrected chi connectivity index (χ0v) is 37.0. The van der Waals surface area contributed by atoms with Gasteiger partial charge in [-0.3, -0.25) is 0 Å². The molecule has 302 valence electrons. The van der Waals surface area contributed by atoms with Crippen molar-refractivity contribution < 1.29 is 0 Å². The largest absolute Gasteiger partial charge is 0.0616 e. The Kier molecular flexibility index (Phi) is 8.08. The van der Waals surface area contributed by atoms with Gasteiger partial charge in [0.25, 0.3) is 0 Å². The standard InChI is InChI=1S/C63H50/c1-61(2,3)63(62(4,5)6)56-38-41-21-8-7-20-40(41)36-55(56)59-48-27-12-11-26-47(48)54-37-44(33-34-53(54)60(59)63)58-51-30-15-13-28-49(51)57(50-29-14-16-31-52(50)58)43-24-17-23-42(35-43)46-32-18-22-39-19-9-10-25-45(39)46/h7-38H,1-6H3. The van der Waals surface area contributed by atoms with E-state index >= 15 is 0 Å². The first kappa shape index (κ1) is 37.7. The molecule has 1 aliphatic rings. The average Bonchev–Trinajstić information content (AvgIpc) is 3.62. The molecule has 0 amide bonds.